The van der Waals surface area contributed by atoms with Gasteiger partial charge in [0.1, 0.15) is 5.82 Å². The van der Waals surface area contributed by atoms with Gasteiger partial charge < -0.3 is 10.2 Å². The number of aromatic nitrogens is 4. The lowest BCUT2D eigenvalue weighted by Gasteiger charge is -2.24. The van der Waals surface area contributed by atoms with E-state index in [0.717, 1.165) is 22.6 Å². The minimum Gasteiger partial charge on any atom is -0.363 e. The summed E-state index contributed by atoms with van der Waals surface area (Å²) in [7, 11) is 3.88. The lowest BCUT2D eigenvalue weighted by Crippen LogP contribution is -2.33. The van der Waals surface area contributed by atoms with E-state index < -0.39 is 0 Å². The van der Waals surface area contributed by atoms with Crippen molar-refractivity contribution in [3.8, 4) is 11.4 Å². The Morgan fingerprint density at radius 3 is 2.45 bits per heavy atom. The SMILES string of the molecule is CC(C)[C@@H](NC(=O)Cc1cccnc1)c1cc(N(C)C)nc(-c2ccncc2)n1. The number of anilines is 1. The third-order valence-electron chi connectivity index (χ3n) is 4.52. The number of nitrogens with zero attached hydrogens (tertiary/aromatic N) is 5. The molecule has 0 aliphatic heterocycles. The van der Waals surface area contributed by atoms with Gasteiger partial charge in [0.2, 0.25) is 5.91 Å². The molecule has 1 atom stereocenters. The predicted molar refractivity (Wildman–Crippen MR) is 113 cm³/mol. The van der Waals surface area contributed by atoms with Crippen molar-refractivity contribution >= 4 is 11.7 Å². The van der Waals surface area contributed by atoms with E-state index in [9.17, 15) is 4.79 Å². The highest BCUT2D eigenvalue weighted by molar-refractivity contribution is 5.79. The monoisotopic (exact) mass is 390 g/mol. The van der Waals surface area contributed by atoms with Crippen molar-refractivity contribution in [2.24, 2.45) is 5.92 Å². The molecule has 0 spiro atoms. The van der Waals surface area contributed by atoms with Crippen LogP contribution in [0.25, 0.3) is 11.4 Å². The molecule has 3 rings (SSSR count). The molecule has 0 aliphatic carbocycles. The van der Waals surface area contributed by atoms with E-state index in [4.69, 9.17) is 4.98 Å². The number of carbonyl (C=O) groups is 1. The normalized spacial score (nSPS) is 11.9. The number of pyridine rings is 2. The zero-order valence-corrected chi connectivity index (χ0v) is 17.2. The summed E-state index contributed by atoms with van der Waals surface area (Å²) in [6.07, 6.45) is 7.12. The maximum atomic E-state index is 12.7. The molecule has 0 saturated carbocycles. The van der Waals surface area contributed by atoms with Crippen molar-refractivity contribution in [1.29, 1.82) is 0 Å². The Morgan fingerprint density at radius 2 is 1.83 bits per heavy atom. The van der Waals surface area contributed by atoms with Crippen LogP contribution in [0, 0.1) is 5.92 Å². The Morgan fingerprint density at radius 1 is 1.07 bits per heavy atom. The van der Waals surface area contributed by atoms with E-state index >= 15 is 0 Å². The number of carbonyl (C=O) groups excluding carboxylic acids is 1. The van der Waals surface area contributed by atoms with Crippen molar-refractivity contribution in [2.75, 3.05) is 19.0 Å². The fourth-order valence-electron chi connectivity index (χ4n) is 2.97. The van der Waals surface area contributed by atoms with Gasteiger partial charge in [-0.3, -0.25) is 14.8 Å². The second-order valence-corrected chi connectivity index (χ2v) is 7.43. The van der Waals surface area contributed by atoms with Gasteiger partial charge in [-0.05, 0) is 29.7 Å². The van der Waals surface area contributed by atoms with Crippen LogP contribution in [0.4, 0.5) is 5.82 Å². The number of hydrogen-bond acceptors (Lipinski definition) is 6. The average molecular weight is 390 g/mol. The van der Waals surface area contributed by atoms with E-state index in [-0.39, 0.29) is 24.3 Å². The summed E-state index contributed by atoms with van der Waals surface area (Å²) in [4.78, 5) is 32.2. The second kappa shape index (κ2) is 9.23. The third kappa shape index (κ3) is 5.34. The molecule has 1 amide bonds. The average Bonchev–Trinajstić information content (AvgIpc) is 2.73. The van der Waals surface area contributed by atoms with E-state index in [1.54, 1.807) is 24.8 Å². The first-order chi connectivity index (χ1) is 13.9. The maximum absolute atomic E-state index is 12.7. The lowest BCUT2D eigenvalue weighted by atomic mass is 9.99. The van der Waals surface area contributed by atoms with Crippen LogP contribution >= 0.6 is 0 Å². The molecular weight excluding hydrogens is 364 g/mol. The molecule has 3 heterocycles. The van der Waals surface area contributed by atoms with Crippen LogP contribution in [0.5, 0.6) is 0 Å². The summed E-state index contributed by atoms with van der Waals surface area (Å²) in [5.41, 5.74) is 2.54. The van der Waals surface area contributed by atoms with Crippen molar-refractivity contribution in [3.05, 3.63) is 66.4 Å². The number of nitrogens with one attached hydrogen (secondary N) is 1. The first-order valence-electron chi connectivity index (χ1n) is 9.59. The zero-order chi connectivity index (χ0) is 20.8. The van der Waals surface area contributed by atoms with Crippen LogP contribution in [0.15, 0.2) is 55.1 Å². The molecule has 7 nitrogen and oxygen atoms in total. The van der Waals surface area contributed by atoms with Crippen molar-refractivity contribution in [1.82, 2.24) is 25.3 Å². The largest absolute Gasteiger partial charge is 0.363 e. The number of rotatable bonds is 7. The molecule has 29 heavy (non-hydrogen) atoms. The molecule has 3 aromatic rings. The minimum atomic E-state index is -0.235. The van der Waals surface area contributed by atoms with Crippen molar-refractivity contribution in [2.45, 2.75) is 26.3 Å². The molecular formula is C22H26N6O. The molecule has 3 aromatic heterocycles. The summed E-state index contributed by atoms with van der Waals surface area (Å²) < 4.78 is 0. The summed E-state index contributed by atoms with van der Waals surface area (Å²) in [5.74, 6) is 1.49. The van der Waals surface area contributed by atoms with Crippen LogP contribution in [-0.4, -0.2) is 39.9 Å². The van der Waals surface area contributed by atoms with Gasteiger partial charge in [0.15, 0.2) is 5.82 Å². The first-order valence-corrected chi connectivity index (χ1v) is 9.59. The molecule has 150 valence electrons. The molecule has 0 fully saturated rings. The number of hydrogen-bond donors (Lipinski definition) is 1. The molecule has 0 bridgehead atoms. The molecule has 0 saturated heterocycles. The van der Waals surface area contributed by atoms with Crippen LogP contribution < -0.4 is 10.2 Å². The van der Waals surface area contributed by atoms with Crippen LogP contribution in [0.2, 0.25) is 0 Å². The van der Waals surface area contributed by atoms with Gasteiger partial charge in [-0.1, -0.05) is 19.9 Å². The second-order valence-electron chi connectivity index (χ2n) is 7.43. The van der Waals surface area contributed by atoms with Crippen LogP contribution in [0.3, 0.4) is 0 Å². The van der Waals surface area contributed by atoms with Gasteiger partial charge >= 0.3 is 0 Å². The van der Waals surface area contributed by atoms with Crippen LogP contribution in [-0.2, 0) is 11.2 Å². The summed E-state index contributed by atoms with van der Waals surface area (Å²) in [6, 6.07) is 9.18. The molecule has 0 radical (unpaired) electrons. The molecule has 7 heteroatoms. The Hall–Kier alpha value is -3.35. The highest BCUT2D eigenvalue weighted by atomic mass is 16.1. The summed E-state index contributed by atoms with van der Waals surface area (Å²) >= 11 is 0. The Labute approximate surface area is 171 Å². The fourth-order valence-corrected chi connectivity index (χ4v) is 2.97. The third-order valence-corrected chi connectivity index (χ3v) is 4.52. The van der Waals surface area contributed by atoms with Gasteiger partial charge in [-0.25, -0.2) is 9.97 Å². The molecule has 0 aliphatic rings. The van der Waals surface area contributed by atoms with Gasteiger partial charge in [0.25, 0.3) is 0 Å². The van der Waals surface area contributed by atoms with E-state index in [0.29, 0.717) is 5.82 Å². The van der Waals surface area contributed by atoms with Crippen LogP contribution in [0.1, 0.15) is 31.1 Å². The van der Waals surface area contributed by atoms with Gasteiger partial charge in [-0.15, -0.1) is 0 Å². The quantitative estimate of drug-likeness (QED) is 0.667. The topological polar surface area (TPSA) is 83.9 Å². The predicted octanol–water partition coefficient (Wildman–Crippen LogP) is 3.06. The Balaban J connectivity index is 1.91. The fraction of sp³-hybridized carbons (Fsp3) is 0.318. The lowest BCUT2D eigenvalue weighted by molar-refractivity contribution is -0.121. The van der Waals surface area contributed by atoms with E-state index in [2.05, 4.69) is 34.1 Å². The highest BCUT2D eigenvalue weighted by Crippen LogP contribution is 2.26. The zero-order valence-electron chi connectivity index (χ0n) is 17.2. The summed E-state index contributed by atoms with van der Waals surface area (Å²) in [6.45, 7) is 4.14. The minimum absolute atomic E-state index is 0.0628. The highest BCUT2D eigenvalue weighted by Gasteiger charge is 2.22. The van der Waals surface area contributed by atoms with Gasteiger partial charge in [0.05, 0.1) is 18.2 Å². The van der Waals surface area contributed by atoms with E-state index in [1.165, 1.54) is 0 Å². The maximum Gasteiger partial charge on any atom is 0.225 e. The summed E-state index contributed by atoms with van der Waals surface area (Å²) in [5, 5.41) is 3.14. The Bertz CT molecular complexity index is 944. The smallest absolute Gasteiger partial charge is 0.225 e. The van der Waals surface area contributed by atoms with Crippen molar-refractivity contribution < 1.29 is 4.79 Å². The first kappa shape index (κ1) is 20.4. The number of amides is 1. The standard InChI is InChI=1S/C22H26N6O/c1-15(2)21(27-20(29)12-16-6-5-9-24-14-16)18-13-19(28(3)4)26-22(25-18)17-7-10-23-11-8-17/h5-11,13-15,21H,12H2,1-4H3,(H,27,29)/t21-/m1/s1. The van der Waals surface area contributed by atoms with E-state index in [1.807, 2.05) is 49.3 Å². The molecule has 0 unspecified atom stereocenters. The molecule has 1 N–H and O–H groups in total. The van der Waals surface area contributed by atoms with Gasteiger partial charge in [0, 0.05) is 50.5 Å². The van der Waals surface area contributed by atoms with Crippen molar-refractivity contribution in [3.63, 3.8) is 0 Å². The molecule has 0 aromatic carbocycles. The van der Waals surface area contributed by atoms with Gasteiger partial charge in [-0.2, -0.15) is 0 Å². The Kier molecular flexibility index (Phi) is 6.49.